The fraction of sp³-hybridized carbons (Fsp3) is 0.300. The average molecular weight is 239 g/mol. The summed E-state index contributed by atoms with van der Waals surface area (Å²) in [4.78, 5) is 25.3. The molecule has 0 spiro atoms. The lowest BCUT2D eigenvalue weighted by atomic mass is 10.3. The van der Waals surface area contributed by atoms with Crippen LogP contribution in [0.4, 0.5) is 10.5 Å². The zero-order chi connectivity index (χ0) is 12.7. The van der Waals surface area contributed by atoms with E-state index in [9.17, 15) is 9.59 Å². The van der Waals surface area contributed by atoms with Crippen LogP contribution in [0.25, 0.3) is 0 Å². The Balaban J connectivity index is 2.48. The number of carbonyl (C=O) groups is 2. The van der Waals surface area contributed by atoms with Crippen molar-refractivity contribution in [3.63, 3.8) is 0 Å². The number of nitrogens with zero attached hydrogens (tertiary/aromatic N) is 1. The molecule has 0 bridgehead atoms. The third kappa shape index (κ3) is 4.37. The monoisotopic (exact) mass is 239 g/mol. The second-order valence-corrected chi connectivity index (χ2v) is 3.02. The quantitative estimate of drug-likeness (QED) is 0.568. The van der Waals surface area contributed by atoms with E-state index in [0.717, 1.165) is 0 Å². The van der Waals surface area contributed by atoms with Gasteiger partial charge in [0, 0.05) is 18.4 Å². The van der Waals surface area contributed by atoms with E-state index < -0.39 is 12.1 Å². The van der Waals surface area contributed by atoms with Crippen molar-refractivity contribution >= 4 is 17.7 Å². The fourth-order valence-electron chi connectivity index (χ4n) is 1.10. The number of primary amides is 1. The Morgan fingerprint density at radius 2 is 2.29 bits per heavy atom. The summed E-state index contributed by atoms with van der Waals surface area (Å²) >= 11 is 0. The first-order valence-corrected chi connectivity index (χ1v) is 4.84. The summed E-state index contributed by atoms with van der Waals surface area (Å²) in [5.74, 6) is -0.512. The average Bonchev–Trinajstić information content (AvgIpc) is 2.34. The first-order valence-electron chi connectivity index (χ1n) is 4.84. The van der Waals surface area contributed by atoms with Gasteiger partial charge >= 0.3 is 12.1 Å². The Bertz CT molecular complexity index is 408. The maximum Gasteiger partial charge on any atom is 0.404 e. The molecule has 0 saturated heterocycles. The number of ether oxygens (including phenoxy) is 2. The van der Waals surface area contributed by atoms with Gasteiger partial charge in [-0.2, -0.15) is 0 Å². The minimum Gasteiger partial charge on any atom is -0.464 e. The van der Waals surface area contributed by atoms with E-state index in [2.05, 4.69) is 19.8 Å². The minimum absolute atomic E-state index is 0.144. The van der Waals surface area contributed by atoms with E-state index >= 15 is 0 Å². The molecule has 0 radical (unpaired) electrons. The van der Waals surface area contributed by atoms with Crippen molar-refractivity contribution in [2.24, 2.45) is 5.73 Å². The molecule has 0 aliphatic carbocycles. The zero-order valence-corrected chi connectivity index (χ0v) is 9.30. The maximum absolute atomic E-state index is 11.2. The molecule has 0 atom stereocenters. The lowest BCUT2D eigenvalue weighted by Gasteiger charge is -2.06. The number of aromatic nitrogens is 1. The highest BCUT2D eigenvalue weighted by Crippen LogP contribution is 2.08. The predicted molar refractivity (Wildman–Crippen MR) is 59.6 cm³/mol. The third-order valence-electron chi connectivity index (χ3n) is 1.83. The van der Waals surface area contributed by atoms with E-state index in [1.807, 2.05) is 0 Å². The van der Waals surface area contributed by atoms with Gasteiger partial charge in [0.1, 0.15) is 12.3 Å². The number of hydrogen-bond acceptors (Lipinski definition) is 6. The van der Waals surface area contributed by atoms with Crippen molar-refractivity contribution in [2.75, 3.05) is 25.6 Å². The Kier molecular flexibility index (Phi) is 4.74. The summed E-state index contributed by atoms with van der Waals surface area (Å²) in [5.41, 5.74) is 5.67. The molecular weight excluding hydrogens is 226 g/mol. The van der Waals surface area contributed by atoms with Gasteiger partial charge in [-0.3, -0.25) is 0 Å². The van der Waals surface area contributed by atoms with Gasteiger partial charge in [0.25, 0.3) is 0 Å². The molecule has 17 heavy (non-hydrogen) atoms. The number of hydrogen-bond donors (Lipinski definition) is 2. The minimum atomic E-state index is -0.822. The molecule has 0 aliphatic rings. The number of nitrogens with two attached hydrogens (primary N) is 1. The van der Waals surface area contributed by atoms with Gasteiger partial charge in [-0.25, -0.2) is 14.6 Å². The van der Waals surface area contributed by atoms with Crippen LogP contribution < -0.4 is 11.1 Å². The zero-order valence-electron chi connectivity index (χ0n) is 9.30. The van der Waals surface area contributed by atoms with E-state index in [0.29, 0.717) is 12.2 Å². The maximum atomic E-state index is 11.2. The molecule has 0 fully saturated rings. The SMILES string of the molecule is COC(=O)c1cc(NCCOC(N)=O)ccn1. The molecule has 1 aromatic rings. The van der Waals surface area contributed by atoms with Crippen LogP contribution in [0, 0.1) is 0 Å². The number of anilines is 1. The van der Waals surface area contributed by atoms with Crippen molar-refractivity contribution in [2.45, 2.75) is 0 Å². The lowest BCUT2D eigenvalue weighted by molar-refractivity contribution is 0.0594. The van der Waals surface area contributed by atoms with Gasteiger partial charge in [-0.05, 0) is 12.1 Å². The van der Waals surface area contributed by atoms with E-state index in [4.69, 9.17) is 5.73 Å². The van der Waals surface area contributed by atoms with E-state index in [1.165, 1.54) is 19.4 Å². The van der Waals surface area contributed by atoms with E-state index in [1.54, 1.807) is 6.07 Å². The normalized spacial score (nSPS) is 9.47. The largest absolute Gasteiger partial charge is 0.464 e. The van der Waals surface area contributed by atoms with Crippen molar-refractivity contribution in [3.8, 4) is 0 Å². The van der Waals surface area contributed by atoms with Gasteiger partial charge < -0.3 is 20.5 Å². The molecule has 0 aromatic carbocycles. The van der Waals surface area contributed by atoms with Crippen LogP contribution >= 0.6 is 0 Å². The number of rotatable bonds is 5. The highest BCUT2D eigenvalue weighted by molar-refractivity contribution is 5.88. The van der Waals surface area contributed by atoms with Gasteiger partial charge in [-0.1, -0.05) is 0 Å². The molecule has 1 heterocycles. The Labute approximate surface area is 97.9 Å². The summed E-state index contributed by atoms with van der Waals surface area (Å²) in [7, 11) is 1.28. The standard InChI is InChI=1S/C10H13N3O4/c1-16-9(14)8-6-7(2-3-13-8)12-4-5-17-10(11)15/h2-3,6H,4-5H2,1H3,(H2,11,15)(H,12,13). The molecule has 7 heteroatoms. The molecule has 3 N–H and O–H groups in total. The first-order chi connectivity index (χ1) is 8.13. The van der Waals surface area contributed by atoms with Gasteiger partial charge in [0.15, 0.2) is 0 Å². The molecule has 1 amide bonds. The highest BCUT2D eigenvalue weighted by atomic mass is 16.5. The van der Waals surface area contributed by atoms with Crippen LogP contribution in [0.5, 0.6) is 0 Å². The number of methoxy groups -OCH3 is 1. The van der Waals surface area contributed by atoms with Crippen LogP contribution in [-0.4, -0.2) is 37.3 Å². The molecule has 1 aromatic heterocycles. The summed E-state index contributed by atoms with van der Waals surface area (Å²) in [6.07, 6.45) is 0.653. The van der Waals surface area contributed by atoms with Crippen molar-refractivity contribution < 1.29 is 19.1 Å². The van der Waals surface area contributed by atoms with Gasteiger partial charge in [0.2, 0.25) is 0 Å². The Morgan fingerprint density at radius 3 is 2.94 bits per heavy atom. The van der Waals surface area contributed by atoms with Gasteiger partial charge in [0.05, 0.1) is 7.11 Å². The van der Waals surface area contributed by atoms with Crippen molar-refractivity contribution in [3.05, 3.63) is 24.0 Å². The molecule has 1 rings (SSSR count). The number of esters is 1. The molecule has 92 valence electrons. The molecule has 0 unspecified atom stereocenters. The van der Waals surface area contributed by atoms with Gasteiger partial charge in [-0.15, -0.1) is 0 Å². The first kappa shape index (κ1) is 12.8. The predicted octanol–water partition coefficient (Wildman–Crippen LogP) is 0.375. The Morgan fingerprint density at radius 1 is 1.53 bits per heavy atom. The number of pyridine rings is 1. The topological polar surface area (TPSA) is 104 Å². The summed E-state index contributed by atoms with van der Waals surface area (Å²) < 4.78 is 9.06. The van der Waals surface area contributed by atoms with Crippen LogP contribution in [0.1, 0.15) is 10.5 Å². The van der Waals surface area contributed by atoms with Crippen molar-refractivity contribution in [1.82, 2.24) is 4.98 Å². The van der Waals surface area contributed by atoms with Crippen LogP contribution in [0.15, 0.2) is 18.3 Å². The molecule has 0 saturated carbocycles. The Hall–Kier alpha value is -2.31. The number of nitrogens with one attached hydrogen (secondary N) is 1. The fourth-order valence-corrected chi connectivity index (χ4v) is 1.10. The van der Waals surface area contributed by atoms with Crippen LogP contribution in [0.3, 0.4) is 0 Å². The summed E-state index contributed by atoms with van der Waals surface area (Å²) in [6.45, 7) is 0.527. The third-order valence-corrected chi connectivity index (χ3v) is 1.83. The molecule has 7 nitrogen and oxygen atoms in total. The number of amides is 1. The van der Waals surface area contributed by atoms with Crippen LogP contribution in [0.2, 0.25) is 0 Å². The number of carbonyl (C=O) groups excluding carboxylic acids is 2. The molecule has 0 aliphatic heterocycles. The lowest BCUT2D eigenvalue weighted by Crippen LogP contribution is -2.18. The second kappa shape index (κ2) is 6.31. The van der Waals surface area contributed by atoms with Crippen molar-refractivity contribution in [1.29, 1.82) is 0 Å². The van der Waals surface area contributed by atoms with Crippen LogP contribution in [-0.2, 0) is 9.47 Å². The molecular formula is C10H13N3O4. The smallest absolute Gasteiger partial charge is 0.404 e. The summed E-state index contributed by atoms with van der Waals surface area (Å²) in [5, 5.41) is 2.94. The summed E-state index contributed by atoms with van der Waals surface area (Å²) in [6, 6.07) is 3.22. The van der Waals surface area contributed by atoms with E-state index in [-0.39, 0.29) is 12.3 Å². The highest BCUT2D eigenvalue weighted by Gasteiger charge is 2.06. The second-order valence-electron chi connectivity index (χ2n) is 3.02.